The summed E-state index contributed by atoms with van der Waals surface area (Å²) in [7, 11) is 1.65. The zero-order valence-corrected chi connectivity index (χ0v) is 13.7. The van der Waals surface area contributed by atoms with Gasteiger partial charge in [-0.3, -0.25) is 4.40 Å². The van der Waals surface area contributed by atoms with E-state index < -0.39 is 0 Å². The molecule has 5 rings (SSSR count). The van der Waals surface area contributed by atoms with E-state index in [0.29, 0.717) is 12.2 Å². The SMILES string of the molecule is COc1ccc(-c2c3c(c4sc5ccccc5n24)C(=O)OC3)cc1. The second-order valence-corrected chi connectivity index (χ2v) is 6.75. The molecule has 0 bridgehead atoms. The van der Waals surface area contributed by atoms with Crippen molar-refractivity contribution in [3.8, 4) is 17.0 Å². The standard InChI is InChI=1S/C19H13NO3S/c1-22-12-8-6-11(7-9-12)17-13-10-23-19(21)16(13)18-20(17)14-4-2-3-5-15(14)24-18/h2-9H,10H2,1H3. The number of ether oxygens (including phenoxy) is 2. The minimum absolute atomic E-state index is 0.228. The lowest BCUT2D eigenvalue weighted by Crippen LogP contribution is -1.95. The van der Waals surface area contributed by atoms with Crippen LogP contribution in [0.5, 0.6) is 5.75 Å². The van der Waals surface area contributed by atoms with E-state index in [9.17, 15) is 4.79 Å². The molecule has 0 fully saturated rings. The molecule has 0 aliphatic carbocycles. The van der Waals surface area contributed by atoms with Crippen LogP contribution in [0, 0.1) is 0 Å². The molecule has 0 atom stereocenters. The lowest BCUT2D eigenvalue weighted by molar-refractivity contribution is 0.0535. The van der Waals surface area contributed by atoms with Gasteiger partial charge in [0.15, 0.2) is 0 Å². The number of carbonyl (C=O) groups excluding carboxylic acids is 1. The van der Waals surface area contributed by atoms with Crippen molar-refractivity contribution in [2.24, 2.45) is 0 Å². The summed E-state index contributed by atoms with van der Waals surface area (Å²) >= 11 is 1.63. The van der Waals surface area contributed by atoms with E-state index >= 15 is 0 Å². The second kappa shape index (κ2) is 4.85. The molecule has 1 aliphatic rings. The average molecular weight is 335 g/mol. The zero-order chi connectivity index (χ0) is 16.3. The van der Waals surface area contributed by atoms with Gasteiger partial charge in [-0.25, -0.2) is 4.79 Å². The number of rotatable bonds is 2. The Hall–Kier alpha value is -2.79. The largest absolute Gasteiger partial charge is 0.497 e. The summed E-state index contributed by atoms with van der Waals surface area (Å²) in [5.74, 6) is 0.583. The normalized spacial score (nSPS) is 13.5. The molecule has 0 spiro atoms. The monoisotopic (exact) mass is 335 g/mol. The van der Waals surface area contributed by atoms with Crippen molar-refractivity contribution >= 4 is 32.4 Å². The lowest BCUT2D eigenvalue weighted by atomic mass is 10.1. The number of hydrogen-bond acceptors (Lipinski definition) is 4. The predicted octanol–water partition coefficient (Wildman–Crippen LogP) is 4.50. The van der Waals surface area contributed by atoms with E-state index in [2.05, 4.69) is 16.5 Å². The van der Waals surface area contributed by atoms with Gasteiger partial charge in [-0.05, 0) is 42.0 Å². The van der Waals surface area contributed by atoms with Crippen LogP contribution in [0.1, 0.15) is 15.9 Å². The van der Waals surface area contributed by atoms with Crippen molar-refractivity contribution in [1.29, 1.82) is 0 Å². The van der Waals surface area contributed by atoms with Gasteiger partial charge in [-0.2, -0.15) is 0 Å². The number of para-hydroxylation sites is 1. The third-order valence-corrected chi connectivity index (χ3v) is 5.60. The maximum absolute atomic E-state index is 12.3. The summed E-state index contributed by atoms with van der Waals surface area (Å²) in [4.78, 5) is 13.2. The number of benzene rings is 2. The van der Waals surface area contributed by atoms with Gasteiger partial charge < -0.3 is 9.47 Å². The van der Waals surface area contributed by atoms with Crippen molar-refractivity contribution in [2.45, 2.75) is 6.61 Å². The molecule has 3 heterocycles. The molecular formula is C19H13NO3S. The fraction of sp³-hybridized carbons (Fsp3) is 0.105. The van der Waals surface area contributed by atoms with Gasteiger partial charge in [-0.1, -0.05) is 12.1 Å². The molecule has 0 amide bonds. The van der Waals surface area contributed by atoms with Crippen molar-refractivity contribution in [2.75, 3.05) is 7.11 Å². The highest BCUT2D eigenvalue weighted by Gasteiger charge is 2.32. The molecule has 0 saturated carbocycles. The van der Waals surface area contributed by atoms with Crippen molar-refractivity contribution in [3.05, 3.63) is 59.7 Å². The number of aromatic nitrogens is 1. The number of cyclic esters (lactones) is 1. The van der Waals surface area contributed by atoms with E-state index in [1.54, 1.807) is 18.4 Å². The summed E-state index contributed by atoms with van der Waals surface area (Å²) in [5.41, 5.74) is 4.88. The highest BCUT2D eigenvalue weighted by molar-refractivity contribution is 7.24. The Kier molecular flexibility index (Phi) is 2.76. The predicted molar refractivity (Wildman–Crippen MR) is 93.9 cm³/mol. The Labute approximate surface area is 141 Å². The third-order valence-electron chi connectivity index (χ3n) is 4.46. The van der Waals surface area contributed by atoms with Gasteiger partial charge in [0.2, 0.25) is 0 Å². The van der Waals surface area contributed by atoms with Crippen molar-refractivity contribution in [1.82, 2.24) is 4.40 Å². The zero-order valence-electron chi connectivity index (χ0n) is 12.9. The molecule has 118 valence electrons. The number of esters is 1. The minimum atomic E-state index is -0.228. The Morgan fingerprint density at radius 3 is 2.71 bits per heavy atom. The van der Waals surface area contributed by atoms with Crippen LogP contribution in [0.2, 0.25) is 0 Å². The molecule has 4 nitrogen and oxygen atoms in total. The molecule has 0 unspecified atom stereocenters. The van der Waals surface area contributed by atoms with Crippen LogP contribution in [0.3, 0.4) is 0 Å². The maximum atomic E-state index is 12.3. The smallest absolute Gasteiger partial charge is 0.341 e. The van der Waals surface area contributed by atoms with Gasteiger partial charge in [0.05, 0.1) is 23.0 Å². The van der Waals surface area contributed by atoms with E-state index in [1.165, 1.54) is 0 Å². The second-order valence-electron chi connectivity index (χ2n) is 5.72. The molecule has 2 aromatic heterocycles. The fourth-order valence-electron chi connectivity index (χ4n) is 3.37. The molecule has 2 aromatic carbocycles. The molecular weight excluding hydrogens is 322 g/mol. The van der Waals surface area contributed by atoms with Gasteiger partial charge >= 0.3 is 5.97 Å². The minimum Gasteiger partial charge on any atom is -0.497 e. The van der Waals surface area contributed by atoms with E-state index in [4.69, 9.17) is 9.47 Å². The first-order valence-electron chi connectivity index (χ1n) is 7.64. The molecule has 4 aromatic rings. The summed E-state index contributed by atoms with van der Waals surface area (Å²) < 4.78 is 13.9. The quantitative estimate of drug-likeness (QED) is 0.506. The van der Waals surface area contributed by atoms with Crippen LogP contribution < -0.4 is 4.74 Å². The summed E-state index contributed by atoms with van der Waals surface area (Å²) in [5, 5.41) is 0. The summed E-state index contributed by atoms with van der Waals surface area (Å²) in [6.07, 6.45) is 0. The first-order chi connectivity index (χ1) is 11.8. The first kappa shape index (κ1) is 13.6. The van der Waals surface area contributed by atoms with Gasteiger partial charge in [0.1, 0.15) is 22.8 Å². The maximum Gasteiger partial charge on any atom is 0.341 e. The van der Waals surface area contributed by atoms with E-state index in [-0.39, 0.29) is 5.97 Å². The van der Waals surface area contributed by atoms with Crippen LogP contribution in [-0.4, -0.2) is 17.5 Å². The highest BCUT2D eigenvalue weighted by atomic mass is 32.1. The number of carbonyl (C=O) groups is 1. The summed E-state index contributed by atoms with van der Waals surface area (Å²) in [6.45, 7) is 0.332. The van der Waals surface area contributed by atoms with Crippen molar-refractivity contribution < 1.29 is 14.3 Å². The van der Waals surface area contributed by atoms with E-state index in [1.807, 2.05) is 36.4 Å². The van der Waals surface area contributed by atoms with Crippen LogP contribution in [0.25, 0.3) is 26.3 Å². The number of nitrogens with zero attached hydrogens (tertiary/aromatic N) is 1. The molecule has 0 N–H and O–H groups in total. The van der Waals surface area contributed by atoms with E-state index in [0.717, 1.165) is 37.6 Å². The van der Waals surface area contributed by atoms with Crippen LogP contribution in [0.15, 0.2) is 48.5 Å². The van der Waals surface area contributed by atoms with Crippen LogP contribution in [-0.2, 0) is 11.3 Å². The van der Waals surface area contributed by atoms with Crippen molar-refractivity contribution in [3.63, 3.8) is 0 Å². The number of fused-ring (bicyclic) bond motifs is 5. The Morgan fingerprint density at radius 1 is 1.12 bits per heavy atom. The number of hydrogen-bond donors (Lipinski definition) is 0. The Bertz CT molecular complexity index is 1110. The molecule has 24 heavy (non-hydrogen) atoms. The Balaban J connectivity index is 1.91. The van der Waals surface area contributed by atoms with Gasteiger partial charge in [0.25, 0.3) is 0 Å². The summed E-state index contributed by atoms with van der Waals surface area (Å²) in [6, 6.07) is 16.1. The number of thiazole rings is 1. The third kappa shape index (κ3) is 1.70. The molecule has 1 aliphatic heterocycles. The fourth-order valence-corrected chi connectivity index (χ4v) is 4.58. The van der Waals surface area contributed by atoms with Gasteiger partial charge in [0, 0.05) is 5.56 Å². The topological polar surface area (TPSA) is 39.9 Å². The first-order valence-corrected chi connectivity index (χ1v) is 8.46. The molecule has 0 saturated heterocycles. The molecule has 5 heteroatoms. The van der Waals surface area contributed by atoms with Crippen LogP contribution in [0.4, 0.5) is 0 Å². The number of methoxy groups -OCH3 is 1. The van der Waals surface area contributed by atoms with Gasteiger partial charge in [-0.15, -0.1) is 11.3 Å². The van der Waals surface area contributed by atoms with Crippen LogP contribution >= 0.6 is 11.3 Å². The molecule has 0 radical (unpaired) electrons. The highest BCUT2D eigenvalue weighted by Crippen LogP contribution is 2.42. The lowest BCUT2D eigenvalue weighted by Gasteiger charge is -2.07. The Morgan fingerprint density at radius 2 is 1.92 bits per heavy atom. The average Bonchev–Trinajstić information content (AvgIpc) is 3.25.